The van der Waals surface area contributed by atoms with E-state index in [9.17, 15) is 9.59 Å². The van der Waals surface area contributed by atoms with Crippen LogP contribution in [-0.4, -0.2) is 26.7 Å². The second-order valence-electron chi connectivity index (χ2n) is 2.75. The number of rotatable bonds is 4. The number of hydrogen-bond donors (Lipinski definition) is 3. The van der Waals surface area contributed by atoms with Crippen molar-refractivity contribution >= 4 is 24.0 Å². The second kappa shape index (κ2) is 4.33. The lowest BCUT2D eigenvalue weighted by atomic mass is 9.98. The molecule has 0 unspecified atom stereocenters. The fourth-order valence-corrected chi connectivity index (χ4v) is 1.54. The first-order chi connectivity index (χ1) is 7.05. The molecule has 0 saturated heterocycles. The summed E-state index contributed by atoms with van der Waals surface area (Å²) in [5.74, 6) is -3.23. The lowest BCUT2D eigenvalue weighted by Gasteiger charge is -2.20. The SMILES string of the molecule is O=C(O)C(SO)(C(=O)O)c1ccccc1. The number of benzene rings is 1. The van der Waals surface area contributed by atoms with Gasteiger partial charge in [0.05, 0.1) is 0 Å². The highest BCUT2D eigenvalue weighted by molar-refractivity contribution is 7.96. The lowest BCUT2D eigenvalue weighted by Crippen LogP contribution is -2.40. The van der Waals surface area contributed by atoms with Gasteiger partial charge in [-0.1, -0.05) is 30.3 Å². The van der Waals surface area contributed by atoms with Crippen molar-refractivity contribution < 1.29 is 24.4 Å². The van der Waals surface area contributed by atoms with Crippen molar-refractivity contribution in [2.45, 2.75) is 4.75 Å². The quantitative estimate of drug-likeness (QED) is 0.530. The van der Waals surface area contributed by atoms with Crippen LogP contribution in [0.1, 0.15) is 5.56 Å². The van der Waals surface area contributed by atoms with Gasteiger partial charge >= 0.3 is 11.9 Å². The fourth-order valence-electron chi connectivity index (χ4n) is 1.14. The molecule has 3 N–H and O–H groups in total. The molecule has 1 aromatic rings. The molecule has 0 fully saturated rings. The van der Waals surface area contributed by atoms with Gasteiger partial charge in [-0.3, -0.25) is 0 Å². The summed E-state index contributed by atoms with van der Waals surface area (Å²) in [6, 6.07) is 7.31. The Morgan fingerprint density at radius 3 is 1.87 bits per heavy atom. The molecule has 0 aliphatic carbocycles. The molecule has 0 aliphatic rings. The molecule has 0 aliphatic heterocycles. The minimum atomic E-state index is -2.36. The van der Waals surface area contributed by atoms with E-state index in [0.717, 1.165) is 0 Å². The third-order valence-corrected chi connectivity index (χ3v) is 2.78. The largest absolute Gasteiger partial charge is 0.479 e. The van der Waals surface area contributed by atoms with Crippen LogP contribution in [0.4, 0.5) is 0 Å². The van der Waals surface area contributed by atoms with E-state index in [4.69, 9.17) is 14.8 Å². The van der Waals surface area contributed by atoms with Gasteiger partial charge in [0.1, 0.15) is 0 Å². The van der Waals surface area contributed by atoms with E-state index in [1.165, 1.54) is 24.3 Å². The predicted molar refractivity (Wildman–Crippen MR) is 53.6 cm³/mol. The van der Waals surface area contributed by atoms with Gasteiger partial charge in [-0.25, -0.2) is 9.59 Å². The maximum Gasteiger partial charge on any atom is 0.338 e. The van der Waals surface area contributed by atoms with Gasteiger partial charge in [0.2, 0.25) is 0 Å². The maximum absolute atomic E-state index is 10.9. The molecule has 0 aromatic heterocycles. The number of aliphatic carboxylic acids is 2. The van der Waals surface area contributed by atoms with Gasteiger partial charge in [-0.05, 0) is 5.56 Å². The molecule has 0 saturated carbocycles. The van der Waals surface area contributed by atoms with Gasteiger partial charge in [0.25, 0.3) is 4.75 Å². The smallest absolute Gasteiger partial charge is 0.338 e. The first-order valence-corrected chi connectivity index (χ1v) is 4.68. The highest BCUT2D eigenvalue weighted by Gasteiger charge is 2.49. The molecule has 0 radical (unpaired) electrons. The van der Waals surface area contributed by atoms with Crippen molar-refractivity contribution in [1.29, 1.82) is 0 Å². The van der Waals surface area contributed by atoms with Crippen molar-refractivity contribution in [3.8, 4) is 0 Å². The van der Waals surface area contributed by atoms with Gasteiger partial charge < -0.3 is 14.8 Å². The van der Waals surface area contributed by atoms with Crippen LogP contribution in [0.25, 0.3) is 0 Å². The lowest BCUT2D eigenvalue weighted by molar-refractivity contribution is -0.152. The molecule has 0 heterocycles. The van der Waals surface area contributed by atoms with Crippen molar-refractivity contribution in [3.05, 3.63) is 35.9 Å². The zero-order valence-corrected chi connectivity index (χ0v) is 8.27. The Morgan fingerprint density at radius 1 is 1.07 bits per heavy atom. The van der Waals surface area contributed by atoms with E-state index in [1.54, 1.807) is 6.07 Å². The van der Waals surface area contributed by atoms with E-state index < -0.39 is 16.7 Å². The van der Waals surface area contributed by atoms with Gasteiger partial charge in [0.15, 0.2) is 0 Å². The average Bonchev–Trinajstić information content (AvgIpc) is 2.20. The molecule has 0 amide bonds. The minimum absolute atomic E-state index is 0.0116. The minimum Gasteiger partial charge on any atom is -0.479 e. The summed E-state index contributed by atoms with van der Waals surface area (Å²) in [4.78, 5) is 21.9. The van der Waals surface area contributed by atoms with Crippen molar-refractivity contribution in [1.82, 2.24) is 0 Å². The van der Waals surface area contributed by atoms with Crippen LogP contribution in [0.2, 0.25) is 0 Å². The Hall–Kier alpha value is -1.53. The number of carbonyl (C=O) groups is 2. The molecule has 5 nitrogen and oxygen atoms in total. The Balaban J connectivity index is 3.35. The summed E-state index contributed by atoms with van der Waals surface area (Å²) in [7, 11) is 0. The third-order valence-electron chi connectivity index (χ3n) is 1.92. The molecule has 0 spiro atoms. The summed E-state index contributed by atoms with van der Waals surface area (Å²) in [5, 5.41) is 17.8. The van der Waals surface area contributed by atoms with Crippen LogP contribution in [0.3, 0.4) is 0 Å². The van der Waals surface area contributed by atoms with Crippen molar-refractivity contribution in [2.75, 3.05) is 0 Å². The molecular formula is C9H8O5S. The van der Waals surface area contributed by atoms with Crippen molar-refractivity contribution in [3.63, 3.8) is 0 Å². The Kier molecular flexibility index (Phi) is 3.33. The van der Waals surface area contributed by atoms with Crippen LogP contribution >= 0.6 is 12.0 Å². The average molecular weight is 228 g/mol. The van der Waals surface area contributed by atoms with E-state index in [0.29, 0.717) is 0 Å². The van der Waals surface area contributed by atoms with Crippen LogP contribution in [0.15, 0.2) is 30.3 Å². The summed E-state index contributed by atoms with van der Waals surface area (Å²) in [6.45, 7) is 0. The standard InChI is InChI=1S/C9H8O5S/c10-7(11)9(15-14,8(12)13)6-4-2-1-3-5-6/h1-5,14H,(H,10,11)(H,12,13). The fraction of sp³-hybridized carbons (Fsp3) is 0.111. The first-order valence-electron chi connectivity index (χ1n) is 3.90. The zero-order chi connectivity index (χ0) is 11.5. The Morgan fingerprint density at radius 2 is 1.53 bits per heavy atom. The summed E-state index contributed by atoms with van der Waals surface area (Å²) < 4.78 is 6.57. The van der Waals surface area contributed by atoms with Crippen LogP contribution in [0.5, 0.6) is 0 Å². The first kappa shape index (κ1) is 11.5. The summed E-state index contributed by atoms with van der Waals surface area (Å²) >= 11 is -0.212. The maximum atomic E-state index is 10.9. The molecule has 0 atom stereocenters. The number of hydrogen-bond acceptors (Lipinski definition) is 4. The summed E-state index contributed by atoms with van der Waals surface area (Å²) in [5.41, 5.74) is 0.0116. The topological polar surface area (TPSA) is 94.8 Å². The number of carboxylic acids is 2. The molecule has 1 rings (SSSR count). The third kappa shape index (κ3) is 1.81. The van der Waals surface area contributed by atoms with Gasteiger partial charge in [-0.15, -0.1) is 0 Å². The van der Waals surface area contributed by atoms with E-state index in [-0.39, 0.29) is 17.6 Å². The summed E-state index contributed by atoms with van der Waals surface area (Å²) in [6.07, 6.45) is 0. The molecule has 1 aromatic carbocycles. The molecule has 15 heavy (non-hydrogen) atoms. The van der Waals surface area contributed by atoms with Gasteiger partial charge in [-0.2, -0.15) is 0 Å². The predicted octanol–water partition coefficient (Wildman–Crippen LogP) is 1.26. The monoisotopic (exact) mass is 228 g/mol. The molecule has 80 valence electrons. The highest BCUT2D eigenvalue weighted by atomic mass is 32.2. The van der Waals surface area contributed by atoms with E-state index >= 15 is 0 Å². The number of carboxylic acid groups (broad SMARTS) is 2. The van der Waals surface area contributed by atoms with Crippen LogP contribution in [0, 0.1) is 0 Å². The van der Waals surface area contributed by atoms with Gasteiger partial charge in [0, 0.05) is 12.0 Å². The zero-order valence-electron chi connectivity index (χ0n) is 7.45. The molecular weight excluding hydrogens is 220 g/mol. The molecule has 6 heteroatoms. The Bertz CT molecular complexity index is 361. The van der Waals surface area contributed by atoms with E-state index in [2.05, 4.69) is 0 Å². The van der Waals surface area contributed by atoms with Crippen molar-refractivity contribution in [2.24, 2.45) is 0 Å². The second-order valence-corrected chi connectivity index (χ2v) is 3.54. The normalized spacial score (nSPS) is 11.0. The molecule has 0 bridgehead atoms. The van der Waals surface area contributed by atoms with Crippen LogP contribution in [-0.2, 0) is 14.3 Å². The van der Waals surface area contributed by atoms with Crippen LogP contribution < -0.4 is 0 Å². The Labute approximate surface area is 89.6 Å². The van der Waals surface area contributed by atoms with E-state index in [1.807, 2.05) is 0 Å². The highest BCUT2D eigenvalue weighted by Crippen LogP contribution is 2.35.